The minimum Gasteiger partial charge on any atom is -0.486 e. The van der Waals surface area contributed by atoms with Crippen LogP contribution < -0.4 is 4.74 Å². The molecule has 2 heterocycles. The second-order valence-corrected chi connectivity index (χ2v) is 6.00. The summed E-state index contributed by atoms with van der Waals surface area (Å²) in [7, 11) is 0. The number of furan rings is 1. The van der Waals surface area contributed by atoms with Gasteiger partial charge in [0.2, 0.25) is 0 Å². The first-order valence-electron chi connectivity index (χ1n) is 8.27. The summed E-state index contributed by atoms with van der Waals surface area (Å²) in [5.41, 5.74) is 0.127. The van der Waals surface area contributed by atoms with Gasteiger partial charge < -0.3 is 13.7 Å². The van der Waals surface area contributed by atoms with Crippen molar-refractivity contribution in [3.63, 3.8) is 0 Å². The predicted molar refractivity (Wildman–Crippen MR) is 93.3 cm³/mol. The van der Waals surface area contributed by atoms with E-state index in [1.54, 1.807) is 35.1 Å². The number of rotatable bonds is 5. The Hall–Kier alpha value is -3.22. The Bertz CT molecular complexity index is 1040. The first-order chi connectivity index (χ1) is 13.0. The molecule has 0 saturated carbocycles. The first-order valence-corrected chi connectivity index (χ1v) is 8.27. The monoisotopic (exact) mass is 372 g/mol. The highest BCUT2D eigenvalue weighted by atomic mass is 19.4. The summed E-state index contributed by atoms with van der Waals surface area (Å²) >= 11 is 0. The smallest absolute Gasteiger partial charge is 0.416 e. The van der Waals surface area contributed by atoms with Crippen molar-refractivity contribution in [1.29, 1.82) is 0 Å². The van der Waals surface area contributed by atoms with Crippen LogP contribution in [-0.4, -0.2) is 9.55 Å². The minimum absolute atomic E-state index is 0.126. The fourth-order valence-electron chi connectivity index (χ4n) is 2.87. The van der Waals surface area contributed by atoms with Crippen LogP contribution in [-0.2, 0) is 19.3 Å². The molecule has 0 N–H and O–H groups in total. The molecule has 4 aromatic rings. The molecule has 138 valence electrons. The van der Waals surface area contributed by atoms with Crippen LogP contribution in [0.25, 0.3) is 11.0 Å². The van der Waals surface area contributed by atoms with Gasteiger partial charge in [-0.3, -0.25) is 0 Å². The van der Waals surface area contributed by atoms with Crippen LogP contribution in [0.2, 0.25) is 0 Å². The van der Waals surface area contributed by atoms with Crippen molar-refractivity contribution in [3.8, 4) is 5.75 Å². The zero-order valence-corrected chi connectivity index (χ0v) is 14.1. The van der Waals surface area contributed by atoms with Gasteiger partial charge >= 0.3 is 6.18 Å². The molecule has 2 aromatic heterocycles. The number of para-hydroxylation sites is 1. The van der Waals surface area contributed by atoms with Crippen molar-refractivity contribution in [2.75, 3.05) is 0 Å². The fraction of sp³-hybridized carbons (Fsp3) is 0.150. The summed E-state index contributed by atoms with van der Waals surface area (Å²) in [6.07, 6.45) is -2.87. The first kappa shape index (κ1) is 17.2. The van der Waals surface area contributed by atoms with Crippen molar-refractivity contribution in [1.82, 2.24) is 9.55 Å². The average molecular weight is 372 g/mol. The molecule has 4 rings (SSSR count). The summed E-state index contributed by atoms with van der Waals surface area (Å²) < 4.78 is 52.0. The second kappa shape index (κ2) is 6.83. The number of ether oxygens (including phenoxy) is 1. The van der Waals surface area contributed by atoms with Crippen molar-refractivity contribution in [3.05, 3.63) is 84.1 Å². The molecule has 0 aliphatic rings. The molecule has 0 aliphatic heterocycles. The van der Waals surface area contributed by atoms with Gasteiger partial charge in [-0.05, 0) is 42.5 Å². The lowest BCUT2D eigenvalue weighted by Crippen LogP contribution is -2.08. The lowest BCUT2D eigenvalue weighted by atomic mass is 10.2. The maximum absolute atomic E-state index is 13.0. The lowest BCUT2D eigenvalue weighted by molar-refractivity contribution is -0.137. The summed E-state index contributed by atoms with van der Waals surface area (Å²) in [4.78, 5) is 4.38. The Kier molecular flexibility index (Phi) is 4.35. The third-order valence-corrected chi connectivity index (χ3v) is 4.16. The van der Waals surface area contributed by atoms with Gasteiger partial charge in [-0.15, -0.1) is 0 Å². The Balaban J connectivity index is 1.72. The van der Waals surface area contributed by atoms with E-state index in [0.717, 1.165) is 12.1 Å². The summed E-state index contributed by atoms with van der Waals surface area (Å²) in [5.74, 6) is 1.85. The number of fused-ring (bicyclic) bond motifs is 1. The third-order valence-electron chi connectivity index (χ3n) is 4.16. The van der Waals surface area contributed by atoms with Gasteiger partial charge in [-0.2, -0.15) is 13.2 Å². The molecule has 4 nitrogen and oxygen atoms in total. The normalized spacial score (nSPS) is 11.8. The number of imidazole rings is 1. The van der Waals surface area contributed by atoms with Gasteiger partial charge in [-0.25, -0.2) is 4.98 Å². The van der Waals surface area contributed by atoms with Gasteiger partial charge in [0.05, 0.1) is 29.4 Å². The molecule has 0 radical (unpaired) electrons. The van der Waals surface area contributed by atoms with E-state index in [1.165, 1.54) is 6.07 Å². The Morgan fingerprint density at radius 3 is 2.52 bits per heavy atom. The van der Waals surface area contributed by atoms with Crippen LogP contribution in [0.4, 0.5) is 13.2 Å². The van der Waals surface area contributed by atoms with Crippen molar-refractivity contribution in [2.24, 2.45) is 0 Å². The molecule has 0 saturated heterocycles. The number of nitrogens with zero attached hydrogens (tertiary/aromatic N) is 2. The summed E-state index contributed by atoms with van der Waals surface area (Å²) in [6.45, 7) is 0.475. The van der Waals surface area contributed by atoms with Gasteiger partial charge in [-0.1, -0.05) is 18.2 Å². The molecular formula is C20H15F3N2O2. The number of hydrogen-bond donors (Lipinski definition) is 0. The zero-order valence-electron chi connectivity index (χ0n) is 14.1. The molecule has 0 amide bonds. The van der Waals surface area contributed by atoms with Crippen LogP contribution >= 0.6 is 0 Å². The molecule has 0 bridgehead atoms. The SMILES string of the molecule is FC(F)(F)c1ccc2c(c1)nc(COc1ccccc1)n2Cc1ccco1. The van der Waals surface area contributed by atoms with Crippen LogP contribution in [0.5, 0.6) is 5.75 Å². The van der Waals surface area contributed by atoms with E-state index in [9.17, 15) is 13.2 Å². The molecule has 0 aliphatic carbocycles. The van der Waals surface area contributed by atoms with Gasteiger partial charge in [0.15, 0.2) is 0 Å². The summed E-state index contributed by atoms with van der Waals surface area (Å²) in [6, 6.07) is 16.3. The zero-order chi connectivity index (χ0) is 18.9. The van der Waals surface area contributed by atoms with Crippen LogP contribution in [0.1, 0.15) is 17.1 Å². The number of alkyl halides is 3. The largest absolute Gasteiger partial charge is 0.486 e. The van der Waals surface area contributed by atoms with Gasteiger partial charge in [0.1, 0.15) is 23.9 Å². The number of halogens is 3. The highest BCUT2D eigenvalue weighted by molar-refractivity contribution is 5.77. The number of aromatic nitrogens is 2. The molecule has 0 fully saturated rings. The molecule has 0 atom stereocenters. The second-order valence-electron chi connectivity index (χ2n) is 6.00. The van der Waals surface area contributed by atoms with E-state index in [-0.39, 0.29) is 12.1 Å². The van der Waals surface area contributed by atoms with Crippen LogP contribution in [0.3, 0.4) is 0 Å². The highest BCUT2D eigenvalue weighted by Crippen LogP contribution is 2.32. The summed E-state index contributed by atoms with van der Waals surface area (Å²) in [5, 5.41) is 0. The van der Waals surface area contributed by atoms with Crippen LogP contribution in [0.15, 0.2) is 71.3 Å². The Morgan fingerprint density at radius 1 is 1.00 bits per heavy atom. The average Bonchev–Trinajstić information content (AvgIpc) is 3.28. The number of benzene rings is 2. The molecule has 0 spiro atoms. The van der Waals surface area contributed by atoms with Crippen molar-refractivity contribution < 1.29 is 22.3 Å². The van der Waals surface area contributed by atoms with Crippen molar-refractivity contribution in [2.45, 2.75) is 19.3 Å². The molecule has 7 heteroatoms. The topological polar surface area (TPSA) is 40.2 Å². The van der Waals surface area contributed by atoms with E-state index >= 15 is 0 Å². The molecule has 27 heavy (non-hydrogen) atoms. The molecular weight excluding hydrogens is 357 g/mol. The minimum atomic E-state index is -4.42. The number of hydrogen-bond acceptors (Lipinski definition) is 3. The quantitative estimate of drug-likeness (QED) is 0.479. The van der Waals surface area contributed by atoms with Crippen molar-refractivity contribution >= 4 is 11.0 Å². The maximum Gasteiger partial charge on any atom is 0.416 e. The lowest BCUT2D eigenvalue weighted by Gasteiger charge is -2.10. The Morgan fingerprint density at radius 2 is 1.81 bits per heavy atom. The van der Waals surface area contributed by atoms with E-state index in [4.69, 9.17) is 9.15 Å². The standard InChI is InChI=1S/C20H15F3N2O2/c21-20(22,23)14-8-9-18-17(11-14)24-19(13-27-15-5-2-1-3-6-15)25(18)12-16-7-4-10-26-16/h1-11H,12-13H2. The molecule has 2 aromatic carbocycles. The predicted octanol–water partition coefficient (Wildman–Crippen LogP) is 5.28. The molecule has 0 unspecified atom stereocenters. The van der Waals surface area contributed by atoms with E-state index in [2.05, 4.69) is 4.98 Å². The Labute approximate surface area is 152 Å². The van der Waals surface area contributed by atoms with Crippen LogP contribution in [0, 0.1) is 0 Å². The van der Waals surface area contributed by atoms with E-state index in [1.807, 2.05) is 18.2 Å². The van der Waals surface area contributed by atoms with Gasteiger partial charge in [0.25, 0.3) is 0 Å². The van der Waals surface area contributed by atoms with E-state index < -0.39 is 11.7 Å². The highest BCUT2D eigenvalue weighted by Gasteiger charge is 2.31. The third kappa shape index (κ3) is 3.67. The maximum atomic E-state index is 13.0. The fourth-order valence-corrected chi connectivity index (χ4v) is 2.87. The van der Waals surface area contributed by atoms with Gasteiger partial charge in [0, 0.05) is 0 Å². The van der Waals surface area contributed by atoms with E-state index in [0.29, 0.717) is 29.4 Å².